The Hall–Kier alpha value is -3.18. The molecule has 0 aromatic carbocycles. The van der Waals surface area contributed by atoms with Crippen LogP contribution in [0, 0.1) is 0 Å². The van der Waals surface area contributed by atoms with Crippen LogP contribution in [-0.4, -0.2) is 67.8 Å². The van der Waals surface area contributed by atoms with Crippen LogP contribution >= 0.6 is 0 Å². The number of rotatable bonds is 17. The number of anilines is 3. The molecule has 1 rings (SSSR count). The number of nitrogens with zero attached hydrogens (tertiary/aromatic N) is 3. The SMILES string of the molecule is O=C(O)CCCCCNc1nc(NCCCC(=O)O)nc(NCCCC(=O)O)n1. The van der Waals surface area contributed by atoms with Gasteiger partial charge in [0.15, 0.2) is 0 Å². The van der Waals surface area contributed by atoms with Crippen molar-refractivity contribution >= 4 is 35.8 Å². The molecule has 0 radical (unpaired) electrons. The first-order chi connectivity index (χ1) is 13.9. The summed E-state index contributed by atoms with van der Waals surface area (Å²) >= 11 is 0. The van der Waals surface area contributed by atoms with Gasteiger partial charge in [0.2, 0.25) is 17.8 Å². The minimum absolute atomic E-state index is 0.0276. The van der Waals surface area contributed by atoms with E-state index in [9.17, 15) is 14.4 Å². The van der Waals surface area contributed by atoms with Crippen LogP contribution in [0.15, 0.2) is 0 Å². The fourth-order valence-corrected chi connectivity index (χ4v) is 2.27. The fraction of sp³-hybridized carbons (Fsp3) is 0.647. The lowest BCUT2D eigenvalue weighted by atomic mass is 10.2. The molecule has 0 aliphatic rings. The average Bonchev–Trinajstić information content (AvgIpc) is 2.64. The monoisotopic (exact) mass is 412 g/mol. The van der Waals surface area contributed by atoms with Gasteiger partial charge >= 0.3 is 17.9 Å². The maximum absolute atomic E-state index is 10.6. The summed E-state index contributed by atoms with van der Waals surface area (Å²) in [7, 11) is 0. The Labute approximate surface area is 168 Å². The number of nitrogens with one attached hydrogen (secondary N) is 3. The van der Waals surface area contributed by atoms with E-state index in [1.54, 1.807) is 0 Å². The van der Waals surface area contributed by atoms with Crippen LogP contribution in [0.5, 0.6) is 0 Å². The van der Waals surface area contributed by atoms with Crippen molar-refractivity contribution in [3.8, 4) is 0 Å². The van der Waals surface area contributed by atoms with Crippen LogP contribution in [-0.2, 0) is 14.4 Å². The van der Waals surface area contributed by atoms with Gasteiger partial charge in [-0.15, -0.1) is 0 Å². The highest BCUT2D eigenvalue weighted by molar-refractivity contribution is 5.67. The molecule has 0 saturated carbocycles. The van der Waals surface area contributed by atoms with Gasteiger partial charge < -0.3 is 31.3 Å². The van der Waals surface area contributed by atoms with Crippen molar-refractivity contribution in [2.45, 2.75) is 51.4 Å². The van der Waals surface area contributed by atoms with E-state index in [1.807, 2.05) is 0 Å². The number of carboxylic acids is 3. The molecule has 12 heteroatoms. The number of aromatic nitrogens is 3. The normalized spacial score (nSPS) is 10.3. The first-order valence-electron chi connectivity index (χ1n) is 9.50. The van der Waals surface area contributed by atoms with E-state index >= 15 is 0 Å². The first-order valence-corrected chi connectivity index (χ1v) is 9.50. The number of hydrogen-bond acceptors (Lipinski definition) is 9. The molecule has 0 atom stereocenters. The maximum atomic E-state index is 10.6. The number of hydrogen-bond donors (Lipinski definition) is 6. The third-order valence-corrected chi connectivity index (χ3v) is 3.69. The summed E-state index contributed by atoms with van der Waals surface area (Å²) in [5.74, 6) is -1.70. The molecule has 0 aliphatic heterocycles. The molecule has 0 fully saturated rings. The topological polar surface area (TPSA) is 187 Å². The molecule has 0 aliphatic carbocycles. The molecule has 0 saturated heterocycles. The highest BCUT2D eigenvalue weighted by Crippen LogP contribution is 2.11. The Morgan fingerprint density at radius 3 is 1.28 bits per heavy atom. The predicted molar refractivity (Wildman–Crippen MR) is 105 cm³/mol. The lowest BCUT2D eigenvalue weighted by molar-refractivity contribution is -0.138. The van der Waals surface area contributed by atoms with Crippen molar-refractivity contribution in [2.24, 2.45) is 0 Å². The van der Waals surface area contributed by atoms with Crippen LogP contribution in [0.3, 0.4) is 0 Å². The number of carboxylic acid groups (broad SMARTS) is 3. The first kappa shape index (κ1) is 23.9. The Balaban J connectivity index is 2.57. The van der Waals surface area contributed by atoms with Crippen molar-refractivity contribution in [2.75, 3.05) is 35.6 Å². The number of carbonyl (C=O) groups is 3. The standard InChI is InChI=1S/C17H28N6O6/c24-12(25)6-2-1-3-9-18-15-21-16(19-10-4-7-13(26)27)23-17(22-15)20-11-5-8-14(28)29/h1-11H2,(H,24,25)(H,26,27)(H,28,29)(H3,18,19,20,21,22,23). The lowest BCUT2D eigenvalue weighted by Gasteiger charge is -2.11. The van der Waals surface area contributed by atoms with Crippen molar-refractivity contribution in [3.63, 3.8) is 0 Å². The summed E-state index contributed by atoms with van der Waals surface area (Å²) in [5.41, 5.74) is 0. The van der Waals surface area contributed by atoms with Gasteiger partial charge in [0.25, 0.3) is 0 Å². The Kier molecular flexibility index (Phi) is 11.4. The zero-order chi connectivity index (χ0) is 21.5. The quantitative estimate of drug-likeness (QED) is 0.203. The molecule has 29 heavy (non-hydrogen) atoms. The zero-order valence-corrected chi connectivity index (χ0v) is 16.2. The van der Waals surface area contributed by atoms with Gasteiger partial charge in [-0.2, -0.15) is 15.0 Å². The molecule has 12 nitrogen and oxygen atoms in total. The minimum Gasteiger partial charge on any atom is -0.481 e. The van der Waals surface area contributed by atoms with Gasteiger partial charge in [-0.05, 0) is 25.7 Å². The molecular formula is C17H28N6O6. The third kappa shape index (κ3) is 12.8. The van der Waals surface area contributed by atoms with E-state index in [2.05, 4.69) is 30.9 Å². The summed E-state index contributed by atoms with van der Waals surface area (Å²) in [6.45, 7) is 1.31. The minimum atomic E-state index is -0.881. The van der Waals surface area contributed by atoms with Crippen LogP contribution < -0.4 is 16.0 Å². The van der Waals surface area contributed by atoms with Gasteiger partial charge in [0.05, 0.1) is 0 Å². The average molecular weight is 412 g/mol. The van der Waals surface area contributed by atoms with Crippen molar-refractivity contribution in [1.29, 1.82) is 0 Å². The maximum Gasteiger partial charge on any atom is 0.303 e. The van der Waals surface area contributed by atoms with E-state index in [0.717, 1.165) is 12.8 Å². The molecule has 1 aromatic rings. The molecule has 162 valence electrons. The molecule has 1 heterocycles. The second-order valence-electron chi connectivity index (χ2n) is 6.29. The Morgan fingerprint density at radius 1 is 0.552 bits per heavy atom. The number of unbranched alkanes of at least 4 members (excludes halogenated alkanes) is 2. The summed E-state index contributed by atoms with van der Waals surface area (Å²) in [6.07, 6.45) is 3.12. The van der Waals surface area contributed by atoms with Gasteiger partial charge in [-0.25, -0.2) is 0 Å². The molecule has 1 aromatic heterocycles. The Bertz CT molecular complexity index is 632. The molecule has 0 amide bonds. The van der Waals surface area contributed by atoms with Gasteiger partial charge in [0, 0.05) is 38.9 Å². The molecule has 0 bridgehead atoms. The largest absolute Gasteiger partial charge is 0.481 e. The summed E-state index contributed by atoms with van der Waals surface area (Å²) in [4.78, 5) is 44.3. The summed E-state index contributed by atoms with van der Waals surface area (Å²) in [5, 5.41) is 34.9. The predicted octanol–water partition coefficient (Wildman–Crippen LogP) is 1.48. The molecular weight excluding hydrogens is 384 g/mol. The summed E-state index contributed by atoms with van der Waals surface area (Å²) in [6, 6.07) is 0. The zero-order valence-electron chi connectivity index (χ0n) is 16.2. The van der Waals surface area contributed by atoms with Crippen LogP contribution in [0.25, 0.3) is 0 Å². The van der Waals surface area contributed by atoms with Crippen LogP contribution in [0.1, 0.15) is 51.4 Å². The van der Waals surface area contributed by atoms with E-state index in [4.69, 9.17) is 15.3 Å². The van der Waals surface area contributed by atoms with Crippen molar-refractivity contribution in [1.82, 2.24) is 15.0 Å². The fourth-order valence-electron chi connectivity index (χ4n) is 2.27. The second kappa shape index (κ2) is 13.9. The highest BCUT2D eigenvalue weighted by Gasteiger charge is 2.07. The summed E-state index contributed by atoms with van der Waals surface area (Å²) < 4.78 is 0. The van der Waals surface area contributed by atoms with E-state index in [-0.39, 0.29) is 31.2 Å². The molecule has 6 N–H and O–H groups in total. The van der Waals surface area contributed by atoms with Crippen molar-refractivity contribution < 1.29 is 29.7 Å². The van der Waals surface area contributed by atoms with Gasteiger partial charge in [0.1, 0.15) is 0 Å². The highest BCUT2D eigenvalue weighted by atomic mass is 16.4. The molecule has 0 unspecified atom stereocenters. The smallest absolute Gasteiger partial charge is 0.303 e. The van der Waals surface area contributed by atoms with E-state index in [1.165, 1.54) is 0 Å². The second-order valence-corrected chi connectivity index (χ2v) is 6.29. The van der Waals surface area contributed by atoms with Gasteiger partial charge in [-0.1, -0.05) is 6.42 Å². The van der Waals surface area contributed by atoms with Crippen molar-refractivity contribution in [3.05, 3.63) is 0 Å². The molecule has 0 spiro atoms. The number of aliphatic carboxylic acids is 3. The third-order valence-electron chi connectivity index (χ3n) is 3.69. The lowest BCUT2D eigenvalue weighted by Crippen LogP contribution is -2.15. The van der Waals surface area contributed by atoms with Crippen LogP contribution in [0.4, 0.5) is 17.8 Å². The Morgan fingerprint density at radius 2 is 0.897 bits per heavy atom. The van der Waals surface area contributed by atoms with Gasteiger partial charge in [-0.3, -0.25) is 14.4 Å². The van der Waals surface area contributed by atoms with Crippen LogP contribution in [0.2, 0.25) is 0 Å². The van der Waals surface area contributed by atoms with E-state index in [0.29, 0.717) is 44.8 Å². The van der Waals surface area contributed by atoms with E-state index < -0.39 is 17.9 Å².